The molecule has 1 aromatic heterocycles. The summed E-state index contributed by atoms with van der Waals surface area (Å²) in [6.07, 6.45) is 4.23. The Balaban J connectivity index is 2.49. The van der Waals surface area contributed by atoms with Gasteiger partial charge in [-0.05, 0) is 18.4 Å². The van der Waals surface area contributed by atoms with Crippen molar-refractivity contribution in [3.8, 4) is 11.3 Å². The van der Waals surface area contributed by atoms with Crippen LogP contribution >= 0.6 is 0 Å². The molecular weight excluding hydrogens is 246 g/mol. The number of aromatic nitrogens is 2. The molecule has 1 heterocycles. The summed E-state index contributed by atoms with van der Waals surface area (Å²) in [6, 6.07) is 8.42. The standard InChI is InChI=1S/C17H25N3/c1-4-7-12-20-15(6-3)19-16(17(20)18)14-11-9-8-10-13(14)5-2/h8-11H,4-7,12,18H2,1-3H3. The second-order valence-electron chi connectivity index (χ2n) is 5.13. The molecule has 0 bridgehead atoms. The molecule has 0 spiro atoms. The van der Waals surface area contributed by atoms with Gasteiger partial charge in [-0.15, -0.1) is 0 Å². The molecular formula is C17H25N3. The first-order chi connectivity index (χ1) is 9.72. The fourth-order valence-electron chi connectivity index (χ4n) is 2.61. The zero-order valence-electron chi connectivity index (χ0n) is 12.8. The Morgan fingerprint density at radius 2 is 1.85 bits per heavy atom. The minimum absolute atomic E-state index is 0.816. The number of benzene rings is 1. The normalized spacial score (nSPS) is 10.9. The summed E-state index contributed by atoms with van der Waals surface area (Å²) < 4.78 is 2.19. The largest absolute Gasteiger partial charge is 0.383 e. The summed E-state index contributed by atoms with van der Waals surface area (Å²) in [5.74, 6) is 1.91. The lowest BCUT2D eigenvalue weighted by atomic mass is 10.0. The Morgan fingerprint density at radius 3 is 2.50 bits per heavy atom. The van der Waals surface area contributed by atoms with Crippen LogP contribution in [0.25, 0.3) is 11.3 Å². The lowest BCUT2D eigenvalue weighted by Gasteiger charge is -2.09. The van der Waals surface area contributed by atoms with Gasteiger partial charge in [0.2, 0.25) is 0 Å². The first-order valence-electron chi connectivity index (χ1n) is 7.66. The smallest absolute Gasteiger partial charge is 0.131 e. The van der Waals surface area contributed by atoms with Gasteiger partial charge in [0.1, 0.15) is 17.3 Å². The third kappa shape index (κ3) is 2.72. The van der Waals surface area contributed by atoms with Crippen LogP contribution in [0, 0.1) is 0 Å². The number of anilines is 1. The van der Waals surface area contributed by atoms with Crippen LogP contribution in [0.2, 0.25) is 0 Å². The predicted molar refractivity (Wildman–Crippen MR) is 85.7 cm³/mol. The molecule has 3 nitrogen and oxygen atoms in total. The Bertz CT molecular complexity index is 570. The molecule has 108 valence electrons. The fourth-order valence-corrected chi connectivity index (χ4v) is 2.61. The quantitative estimate of drug-likeness (QED) is 0.861. The molecule has 0 unspecified atom stereocenters. The number of nitrogens with two attached hydrogens (primary N) is 1. The van der Waals surface area contributed by atoms with Gasteiger partial charge in [0.05, 0.1) is 0 Å². The molecule has 0 atom stereocenters. The van der Waals surface area contributed by atoms with Crippen molar-refractivity contribution in [1.29, 1.82) is 0 Å². The highest BCUT2D eigenvalue weighted by Gasteiger charge is 2.16. The molecule has 2 rings (SSSR count). The maximum absolute atomic E-state index is 6.38. The molecule has 2 aromatic rings. The summed E-state index contributed by atoms with van der Waals surface area (Å²) in [4.78, 5) is 4.80. The summed E-state index contributed by atoms with van der Waals surface area (Å²) in [6.45, 7) is 7.47. The van der Waals surface area contributed by atoms with E-state index >= 15 is 0 Å². The van der Waals surface area contributed by atoms with Crippen LogP contribution in [0.15, 0.2) is 24.3 Å². The molecule has 0 aliphatic carbocycles. The second-order valence-corrected chi connectivity index (χ2v) is 5.13. The Morgan fingerprint density at radius 1 is 1.10 bits per heavy atom. The number of rotatable bonds is 6. The van der Waals surface area contributed by atoms with Crippen molar-refractivity contribution in [1.82, 2.24) is 9.55 Å². The van der Waals surface area contributed by atoms with Crippen molar-refractivity contribution >= 4 is 5.82 Å². The third-order valence-corrected chi connectivity index (χ3v) is 3.79. The van der Waals surface area contributed by atoms with Crippen LogP contribution < -0.4 is 5.73 Å². The Labute approximate surface area is 121 Å². The molecule has 0 amide bonds. The SMILES string of the molecule is CCCCn1c(CC)nc(-c2ccccc2CC)c1N. The van der Waals surface area contributed by atoms with E-state index in [0.29, 0.717) is 0 Å². The summed E-state index contributed by atoms with van der Waals surface area (Å²) in [7, 11) is 0. The van der Waals surface area contributed by atoms with Crippen molar-refractivity contribution in [2.45, 2.75) is 53.0 Å². The van der Waals surface area contributed by atoms with E-state index in [1.54, 1.807) is 0 Å². The van der Waals surface area contributed by atoms with Gasteiger partial charge in [-0.25, -0.2) is 4.98 Å². The predicted octanol–water partition coefficient (Wildman–Crippen LogP) is 4.06. The maximum atomic E-state index is 6.38. The molecule has 0 saturated carbocycles. The van der Waals surface area contributed by atoms with Crippen LogP contribution in [-0.2, 0) is 19.4 Å². The van der Waals surface area contributed by atoms with Crippen molar-refractivity contribution in [3.05, 3.63) is 35.7 Å². The van der Waals surface area contributed by atoms with E-state index in [9.17, 15) is 0 Å². The van der Waals surface area contributed by atoms with E-state index in [4.69, 9.17) is 10.7 Å². The van der Waals surface area contributed by atoms with Gasteiger partial charge in [-0.2, -0.15) is 0 Å². The zero-order chi connectivity index (χ0) is 14.5. The number of imidazole rings is 1. The number of nitrogen functional groups attached to an aromatic ring is 1. The second kappa shape index (κ2) is 6.60. The van der Waals surface area contributed by atoms with E-state index < -0.39 is 0 Å². The van der Waals surface area contributed by atoms with Crippen LogP contribution in [0.1, 0.15) is 45.0 Å². The van der Waals surface area contributed by atoms with Crippen molar-refractivity contribution in [2.75, 3.05) is 5.73 Å². The molecule has 2 N–H and O–H groups in total. The lowest BCUT2D eigenvalue weighted by Crippen LogP contribution is -2.06. The van der Waals surface area contributed by atoms with Crippen molar-refractivity contribution in [2.24, 2.45) is 0 Å². The topological polar surface area (TPSA) is 43.8 Å². The summed E-state index contributed by atoms with van der Waals surface area (Å²) in [5.41, 5.74) is 9.82. The maximum Gasteiger partial charge on any atom is 0.131 e. The van der Waals surface area contributed by atoms with Gasteiger partial charge < -0.3 is 10.3 Å². The minimum Gasteiger partial charge on any atom is -0.383 e. The zero-order valence-corrected chi connectivity index (χ0v) is 12.8. The van der Waals surface area contributed by atoms with E-state index in [2.05, 4.69) is 49.6 Å². The number of hydrogen-bond donors (Lipinski definition) is 1. The molecule has 3 heteroatoms. The van der Waals surface area contributed by atoms with Gasteiger partial charge in [-0.3, -0.25) is 0 Å². The minimum atomic E-state index is 0.816. The highest BCUT2D eigenvalue weighted by Crippen LogP contribution is 2.30. The molecule has 0 aliphatic rings. The Hall–Kier alpha value is -1.77. The molecule has 20 heavy (non-hydrogen) atoms. The van der Waals surface area contributed by atoms with E-state index in [0.717, 1.165) is 43.1 Å². The van der Waals surface area contributed by atoms with Gasteiger partial charge in [0.15, 0.2) is 0 Å². The van der Waals surface area contributed by atoms with Crippen molar-refractivity contribution in [3.63, 3.8) is 0 Å². The van der Waals surface area contributed by atoms with Gasteiger partial charge in [0.25, 0.3) is 0 Å². The highest BCUT2D eigenvalue weighted by molar-refractivity contribution is 5.73. The first-order valence-corrected chi connectivity index (χ1v) is 7.66. The summed E-state index contributed by atoms with van der Waals surface area (Å²) in [5, 5.41) is 0. The fraction of sp³-hybridized carbons (Fsp3) is 0.471. The molecule has 0 fully saturated rings. The van der Waals surface area contributed by atoms with Crippen molar-refractivity contribution < 1.29 is 0 Å². The third-order valence-electron chi connectivity index (χ3n) is 3.79. The monoisotopic (exact) mass is 271 g/mol. The number of aryl methyl sites for hydroxylation is 2. The summed E-state index contributed by atoms with van der Waals surface area (Å²) >= 11 is 0. The number of unbranched alkanes of at least 4 members (excludes halogenated alkanes) is 1. The van der Waals surface area contributed by atoms with E-state index in [1.165, 1.54) is 17.5 Å². The number of nitrogens with zero attached hydrogens (tertiary/aromatic N) is 2. The lowest BCUT2D eigenvalue weighted by molar-refractivity contribution is 0.612. The average Bonchev–Trinajstić information content (AvgIpc) is 2.81. The molecule has 0 aliphatic heterocycles. The molecule has 0 radical (unpaired) electrons. The first kappa shape index (κ1) is 14.6. The van der Waals surface area contributed by atoms with Crippen LogP contribution in [-0.4, -0.2) is 9.55 Å². The van der Waals surface area contributed by atoms with Gasteiger partial charge in [-0.1, -0.05) is 51.5 Å². The molecule has 0 saturated heterocycles. The molecule has 1 aromatic carbocycles. The van der Waals surface area contributed by atoms with Gasteiger partial charge >= 0.3 is 0 Å². The van der Waals surface area contributed by atoms with E-state index in [1.807, 2.05) is 0 Å². The Kier molecular flexibility index (Phi) is 4.83. The highest BCUT2D eigenvalue weighted by atomic mass is 15.1. The van der Waals surface area contributed by atoms with Crippen LogP contribution in [0.5, 0.6) is 0 Å². The van der Waals surface area contributed by atoms with Crippen LogP contribution in [0.4, 0.5) is 5.82 Å². The van der Waals surface area contributed by atoms with Crippen LogP contribution in [0.3, 0.4) is 0 Å². The number of hydrogen-bond acceptors (Lipinski definition) is 2. The average molecular weight is 271 g/mol. The van der Waals surface area contributed by atoms with E-state index in [-0.39, 0.29) is 0 Å². The van der Waals surface area contributed by atoms with Gasteiger partial charge in [0, 0.05) is 18.5 Å².